The maximum absolute atomic E-state index is 14.7. The van der Waals surface area contributed by atoms with Crippen LogP contribution in [0.4, 0.5) is 14.9 Å². The number of ether oxygens (including phenoxy) is 2. The Morgan fingerprint density at radius 2 is 2.11 bits per heavy atom. The molecule has 0 fully saturated rings. The van der Waals surface area contributed by atoms with E-state index in [-0.39, 0.29) is 65.5 Å². The number of hydrogen-bond donors (Lipinski definition) is 3. The number of carboxylic acid groups (broad SMARTS) is 1. The van der Waals surface area contributed by atoms with Crippen LogP contribution in [0.25, 0.3) is 10.9 Å². The van der Waals surface area contributed by atoms with Gasteiger partial charge in [-0.2, -0.15) is 11.3 Å². The van der Waals surface area contributed by atoms with Crippen molar-refractivity contribution in [2.75, 3.05) is 11.9 Å². The van der Waals surface area contributed by atoms with Crippen LogP contribution in [0.15, 0.2) is 47.6 Å². The molecule has 0 aliphatic carbocycles. The number of nitrogens with one attached hydrogen (secondary N) is 1. The van der Waals surface area contributed by atoms with E-state index in [4.69, 9.17) is 14.6 Å². The molecule has 1 aliphatic rings. The number of halogens is 1. The smallest absolute Gasteiger partial charge is 0.478 e. The van der Waals surface area contributed by atoms with E-state index in [2.05, 4.69) is 29.9 Å². The van der Waals surface area contributed by atoms with Crippen molar-refractivity contribution in [3.8, 4) is 0 Å². The minimum atomic E-state index is -2.06. The average Bonchev–Trinajstić information content (AvgIpc) is 2.85. The summed E-state index contributed by atoms with van der Waals surface area (Å²) in [4.78, 5) is 50.7. The fraction of sp³-hybridized carbons (Fsp3) is 0.231. The molecule has 1 aromatic carbocycles. The van der Waals surface area contributed by atoms with Crippen molar-refractivity contribution in [3.63, 3.8) is 0 Å². The summed E-state index contributed by atoms with van der Waals surface area (Å²) in [6.45, 7) is 9.66. The van der Waals surface area contributed by atoms with Crippen molar-refractivity contribution < 1.29 is 62.1 Å². The molecule has 2 heterocycles. The molecule has 0 spiro atoms. The molecule has 1 aromatic heterocycles. The van der Waals surface area contributed by atoms with Crippen molar-refractivity contribution in [1.82, 2.24) is 4.98 Å². The van der Waals surface area contributed by atoms with Gasteiger partial charge >= 0.3 is 36.9 Å². The Morgan fingerprint density at radius 3 is 2.71 bits per heavy atom. The second kappa shape index (κ2) is 12.1. The number of cyclic esters (lactones) is 1. The first-order valence-electron chi connectivity index (χ1n) is 10.9. The van der Waals surface area contributed by atoms with Gasteiger partial charge in [-0.25, -0.2) is 32.2 Å². The number of aliphatic hydroxyl groups is 1. The Labute approximate surface area is 229 Å². The van der Waals surface area contributed by atoms with Gasteiger partial charge in [-0.15, -0.1) is 5.57 Å². The van der Waals surface area contributed by atoms with Gasteiger partial charge in [-0.3, -0.25) is 22.6 Å². The van der Waals surface area contributed by atoms with E-state index in [1.807, 2.05) is 0 Å². The van der Waals surface area contributed by atoms with Gasteiger partial charge in [0.2, 0.25) is 0 Å². The Balaban J connectivity index is 0.00000507. The third-order valence-corrected chi connectivity index (χ3v) is 5.71. The fourth-order valence-corrected chi connectivity index (χ4v) is 3.47. The predicted molar refractivity (Wildman–Crippen MR) is 128 cm³/mol. The van der Waals surface area contributed by atoms with Crippen LogP contribution in [0.2, 0.25) is 0 Å². The maximum atomic E-state index is 14.7. The van der Waals surface area contributed by atoms with Crippen LogP contribution in [0.3, 0.4) is 0 Å². The molecular weight excluding hydrogens is 494 g/mol. The number of benzene rings is 1. The molecule has 1 amide bonds. The molecule has 0 saturated carbocycles. The molecule has 0 bridgehead atoms. The molecule has 2 atom stereocenters. The summed E-state index contributed by atoms with van der Waals surface area (Å²) in [5, 5.41) is 22.2. The molecule has 3 N–H and O–H groups in total. The summed E-state index contributed by atoms with van der Waals surface area (Å²) >= 11 is 0. The van der Waals surface area contributed by atoms with Crippen molar-refractivity contribution in [1.29, 1.82) is 0 Å². The average molecular weight is 516 g/mol. The summed E-state index contributed by atoms with van der Waals surface area (Å²) in [6, 6.07) is 3.86. The van der Waals surface area contributed by atoms with Gasteiger partial charge in [-0.05, 0) is 31.8 Å². The van der Waals surface area contributed by atoms with E-state index in [0.717, 1.165) is 6.07 Å². The Morgan fingerprint density at radius 1 is 1.42 bits per heavy atom. The molecule has 1 unspecified atom stereocenters. The normalized spacial score (nSPS) is 17.9. The predicted octanol–water partition coefficient (Wildman–Crippen LogP) is -0.0504. The summed E-state index contributed by atoms with van der Waals surface area (Å²) in [6.07, 6.45) is 3.35. The number of aromatic nitrogens is 1. The summed E-state index contributed by atoms with van der Waals surface area (Å²) in [7, 11) is 0. The molecular formula is C26H22FLiN2O8-2. The number of anilines is 1. The number of hydrogen-bond acceptors (Lipinski definition) is 8. The third kappa shape index (κ3) is 6.14. The summed E-state index contributed by atoms with van der Waals surface area (Å²) < 4.78 is 24.5. The number of pyridine rings is 1. The molecule has 3 rings (SSSR count). The monoisotopic (exact) mass is 516 g/mol. The van der Waals surface area contributed by atoms with Crippen LogP contribution in [-0.4, -0.2) is 57.8 Å². The van der Waals surface area contributed by atoms with Gasteiger partial charge in [0, 0.05) is 5.52 Å². The van der Waals surface area contributed by atoms with Crippen LogP contribution in [-0.2, 0) is 23.9 Å². The van der Waals surface area contributed by atoms with Gasteiger partial charge in [0.05, 0.1) is 17.9 Å². The number of aliphatic carboxylic acids is 1. The zero-order chi connectivity index (χ0) is 27.5. The van der Waals surface area contributed by atoms with Gasteiger partial charge in [0.1, 0.15) is 17.5 Å². The van der Waals surface area contributed by atoms with Crippen molar-refractivity contribution in [3.05, 3.63) is 77.6 Å². The Bertz CT molecular complexity index is 1390. The van der Waals surface area contributed by atoms with E-state index in [1.165, 1.54) is 32.1 Å². The maximum Gasteiger partial charge on any atom is 1.00 e. The molecule has 2 aromatic rings. The topological polar surface area (TPSA) is 152 Å². The second-order valence-corrected chi connectivity index (χ2v) is 8.10. The van der Waals surface area contributed by atoms with Crippen LogP contribution in [0, 0.1) is 18.8 Å². The number of carbonyl (C=O) groups excluding carboxylic acids is 3. The Kier molecular flexibility index (Phi) is 9.64. The third-order valence-electron chi connectivity index (χ3n) is 5.71. The van der Waals surface area contributed by atoms with Crippen molar-refractivity contribution in [2.45, 2.75) is 32.0 Å². The number of carbonyl (C=O) groups is 3. The van der Waals surface area contributed by atoms with Crippen LogP contribution < -0.4 is 24.2 Å². The summed E-state index contributed by atoms with van der Waals surface area (Å²) in [5.41, 5.74) is -2.13. The molecule has 38 heavy (non-hydrogen) atoms. The number of carboxylic acids is 1. The van der Waals surface area contributed by atoms with Crippen molar-refractivity contribution >= 4 is 40.9 Å². The molecule has 0 saturated heterocycles. The first-order valence-corrected chi connectivity index (χ1v) is 10.9. The van der Waals surface area contributed by atoms with E-state index in [0.29, 0.717) is 10.9 Å². The molecule has 194 valence electrons. The van der Waals surface area contributed by atoms with Gasteiger partial charge in [-0.1, -0.05) is 18.9 Å². The quantitative estimate of drug-likeness (QED) is 0.190. The first-order chi connectivity index (χ1) is 17.4. The molecule has 1 aliphatic heterocycles. The summed E-state index contributed by atoms with van der Waals surface area (Å²) in [5.74, 6) is -3.11. The number of nitrogens with zero attached hydrogens (tertiary/aromatic N) is 1. The van der Waals surface area contributed by atoms with Crippen LogP contribution >= 0.6 is 0 Å². The number of rotatable bonds is 8. The zero-order valence-corrected chi connectivity index (χ0v) is 20.9. The second-order valence-electron chi connectivity index (χ2n) is 8.10. The minimum Gasteiger partial charge on any atom is -0.478 e. The van der Waals surface area contributed by atoms with Gasteiger partial charge in [0.25, 0.3) is 0 Å². The van der Waals surface area contributed by atoms with E-state index in [9.17, 15) is 28.7 Å². The number of amides is 1. The Hall–Kier alpha value is -3.91. The number of esters is 1. The van der Waals surface area contributed by atoms with Crippen molar-refractivity contribution in [2.24, 2.45) is 0 Å². The fourth-order valence-electron chi connectivity index (χ4n) is 3.47. The van der Waals surface area contributed by atoms with Crippen LogP contribution in [0.5, 0.6) is 0 Å². The zero-order valence-electron chi connectivity index (χ0n) is 20.9. The van der Waals surface area contributed by atoms with E-state index >= 15 is 0 Å². The van der Waals surface area contributed by atoms with Gasteiger partial charge < -0.3 is 29.5 Å². The standard InChI is InChI=1S/C26H22FN2O8.Li/c1-5-26(35)18(17(11-30)12-36-24(26)33)6-7-20-13(2)8-16-9-22(19(27)10-21(16)28-20)29-25(34)37-15(4)14(3)23(31)32;/h6,8-10,15,35H,2-3,5,12H2,1,4H3,(H,29,34)(H,31,32);/q-3;+1/t15?,26-;/m0./s1. The minimum absolute atomic E-state index is 0. The number of fused-ring (bicyclic) bond motifs is 1. The van der Waals surface area contributed by atoms with E-state index < -0.39 is 35.6 Å². The van der Waals surface area contributed by atoms with Crippen LogP contribution in [0.1, 0.15) is 31.5 Å². The largest absolute Gasteiger partial charge is 1.00 e. The molecule has 10 nitrogen and oxygen atoms in total. The SMILES string of the molecule is C=C(C(=O)O)C(C)OC(=O)Nc1cc2cc([CH2-])c([C-]=CC3=C([C-]=O)COC(=O)[C@]3(O)CC)nc2cc1F.[Li+]. The molecule has 12 heteroatoms. The first kappa shape index (κ1) is 30.3. The van der Waals surface area contributed by atoms with E-state index in [1.54, 1.807) is 6.29 Å². The van der Waals surface area contributed by atoms with Gasteiger partial charge in [0.15, 0.2) is 0 Å². The molecule has 0 radical (unpaired) electrons.